The molecule has 1 amide bonds. The maximum absolute atomic E-state index is 12.4. The Labute approximate surface area is 162 Å². The lowest BCUT2D eigenvalue weighted by atomic mass is 9.97. The van der Waals surface area contributed by atoms with Crippen molar-refractivity contribution in [3.8, 4) is 0 Å². The lowest BCUT2D eigenvalue weighted by Gasteiger charge is -2.18. The highest BCUT2D eigenvalue weighted by atomic mass is 32.1. The molecule has 1 atom stereocenters. The smallest absolute Gasteiger partial charge is 0.263 e. The quantitative estimate of drug-likeness (QED) is 0.707. The number of nitrogens with one attached hydrogen (secondary N) is 2. The Balaban J connectivity index is 1.50. The van der Waals surface area contributed by atoms with Crippen LogP contribution in [0.5, 0.6) is 0 Å². The number of imidazole rings is 1. The number of hydrogen-bond acceptors (Lipinski definition) is 5. The molecule has 1 unspecified atom stereocenters. The molecule has 0 saturated carbocycles. The SMILES string of the molecule is CC(C)(C)CNC(=O)c1cn2c(nc3cc(CNC4CCOC4)ccc32)s1. The summed E-state index contributed by atoms with van der Waals surface area (Å²) in [6.45, 7) is 9.42. The lowest BCUT2D eigenvalue weighted by molar-refractivity contribution is 0.0943. The molecule has 0 spiro atoms. The average molecular weight is 387 g/mol. The van der Waals surface area contributed by atoms with Crippen LogP contribution in [-0.2, 0) is 11.3 Å². The van der Waals surface area contributed by atoms with Gasteiger partial charge >= 0.3 is 0 Å². The van der Waals surface area contributed by atoms with Gasteiger partial charge in [-0.25, -0.2) is 4.98 Å². The molecule has 3 aromatic rings. The zero-order valence-electron chi connectivity index (χ0n) is 16.0. The van der Waals surface area contributed by atoms with Gasteiger partial charge in [0.25, 0.3) is 5.91 Å². The normalized spacial score (nSPS) is 17.8. The third-order valence-corrected chi connectivity index (χ3v) is 5.68. The molecule has 144 valence electrons. The molecule has 1 aliphatic rings. The molecule has 2 aromatic heterocycles. The van der Waals surface area contributed by atoms with Gasteiger partial charge in [-0.05, 0) is 29.5 Å². The Morgan fingerprint density at radius 3 is 3.00 bits per heavy atom. The summed E-state index contributed by atoms with van der Waals surface area (Å²) >= 11 is 1.43. The van der Waals surface area contributed by atoms with Crippen LogP contribution in [0.4, 0.5) is 0 Å². The maximum atomic E-state index is 12.4. The largest absolute Gasteiger partial charge is 0.380 e. The summed E-state index contributed by atoms with van der Waals surface area (Å²) in [4.78, 5) is 18.7. The van der Waals surface area contributed by atoms with Gasteiger partial charge in [0.1, 0.15) is 4.88 Å². The van der Waals surface area contributed by atoms with Gasteiger partial charge in [-0.3, -0.25) is 9.20 Å². The Kier molecular flexibility index (Phi) is 4.92. The first-order chi connectivity index (χ1) is 12.9. The highest BCUT2D eigenvalue weighted by Crippen LogP contribution is 2.25. The summed E-state index contributed by atoms with van der Waals surface area (Å²) < 4.78 is 7.41. The molecule has 0 bridgehead atoms. The van der Waals surface area contributed by atoms with Crippen molar-refractivity contribution >= 4 is 33.2 Å². The van der Waals surface area contributed by atoms with Crippen LogP contribution < -0.4 is 10.6 Å². The number of nitrogens with zero attached hydrogens (tertiary/aromatic N) is 2. The number of rotatable bonds is 5. The van der Waals surface area contributed by atoms with E-state index in [-0.39, 0.29) is 11.3 Å². The van der Waals surface area contributed by atoms with Crippen molar-refractivity contribution in [3.05, 3.63) is 34.8 Å². The molecule has 6 nitrogen and oxygen atoms in total. The average Bonchev–Trinajstić information content (AvgIpc) is 3.32. The van der Waals surface area contributed by atoms with E-state index in [9.17, 15) is 4.79 Å². The molecular formula is C20H26N4O2S. The molecule has 1 saturated heterocycles. The monoisotopic (exact) mass is 386 g/mol. The summed E-state index contributed by atoms with van der Waals surface area (Å²) in [5.41, 5.74) is 3.27. The second-order valence-corrected chi connectivity index (χ2v) is 9.38. The van der Waals surface area contributed by atoms with E-state index in [4.69, 9.17) is 9.72 Å². The molecule has 1 aliphatic heterocycles. The van der Waals surface area contributed by atoms with E-state index in [1.807, 2.05) is 10.6 Å². The molecule has 3 heterocycles. The summed E-state index contributed by atoms with van der Waals surface area (Å²) in [5, 5.41) is 6.53. The maximum Gasteiger partial charge on any atom is 0.263 e. The van der Waals surface area contributed by atoms with Crippen LogP contribution >= 0.6 is 11.3 Å². The molecule has 1 fully saturated rings. The Morgan fingerprint density at radius 2 is 2.26 bits per heavy atom. The van der Waals surface area contributed by atoms with Gasteiger partial charge in [0.15, 0.2) is 4.96 Å². The number of carbonyl (C=O) groups excluding carboxylic acids is 1. The van der Waals surface area contributed by atoms with Gasteiger partial charge < -0.3 is 15.4 Å². The van der Waals surface area contributed by atoms with Crippen LogP contribution in [0, 0.1) is 5.41 Å². The van der Waals surface area contributed by atoms with E-state index in [1.54, 1.807) is 0 Å². The number of amides is 1. The molecule has 27 heavy (non-hydrogen) atoms. The number of aromatic nitrogens is 2. The first-order valence-electron chi connectivity index (χ1n) is 9.39. The highest BCUT2D eigenvalue weighted by molar-refractivity contribution is 7.18. The second kappa shape index (κ2) is 7.22. The number of hydrogen-bond donors (Lipinski definition) is 2. The minimum atomic E-state index is -0.0341. The van der Waals surface area contributed by atoms with Gasteiger partial charge in [-0.2, -0.15) is 0 Å². The number of benzene rings is 1. The first-order valence-corrected chi connectivity index (χ1v) is 10.2. The number of ether oxygens (including phenoxy) is 1. The number of carbonyl (C=O) groups is 1. The zero-order valence-corrected chi connectivity index (χ0v) is 16.9. The Bertz CT molecular complexity index is 964. The fourth-order valence-corrected chi connectivity index (χ4v) is 4.08. The summed E-state index contributed by atoms with van der Waals surface area (Å²) in [7, 11) is 0. The van der Waals surface area contributed by atoms with E-state index >= 15 is 0 Å². The molecule has 1 aromatic carbocycles. The van der Waals surface area contributed by atoms with E-state index in [0.29, 0.717) is 17.5 Å². The van der Waals surface area contributed by atoms with Gasteiger partial charge in [0.2, 0.25) is 0 Å². The Hall–Kier alpha value is -1.96. The van der Waals surface area contributed by atoms with Crippen molar-refractivity contribution in [1.82, 2.24) is 20.0 Å². The standard InChI is InChI=1S/C20H26N4O2S/c1-20(2,3)12-22-18(25)17-10-24-16-5-4-13(8-15(16)23-19(24)27-17)9-21-14-6-7-26-11-14/h4-5,8,10,14,21H,6-7,9,11-12H2,1-3H3,(H,22,25). The predicted octanol–water partition coefficient (Wildman–Crippen LogP) is 3.20. The molecule has 2 N–H and O–H groups in total. The van der Waals surface area contributed by atoms with Crippen molar-refractivity contribution in [1.29, 1.82) is 0 Å². The fourth-order valence-electron chi connectivity index (χ4n) is 3.17. The van der Waals surface area contributed by atoms with Gasteiger partial charge in [0, 0.05) is 31.9 Å². The van der Waals surface area contributed by atoms with Crippen LogP contribution in [0.25, 0.3) is 16.0 Å². The van der Waals surface area contributed by atoms with E-state index in [1.165, 1.54) is 16.9 Å². The Morgan fingerprint density at radius 1 is 1.41 bits per heavy atom. The molecule has 0 radical (unpaired) electrons. The topological polar surface area (TPSA) is 67.7 Å². The third kappa shape index (κ3) is 4.15. The van der Waals surface area contributed by atoms with Crippen LogP contribution in [0.2, 0.25) is 0 Å². The number of fused-ring (bicyclic) bond motifs is 3. The molecular weight excluding hydrogens is 360 g/mol. The highest BCUT2D eigenvalue weighted by Gasteiger charge is 2.18. The van der Waals surface area contributed by atoms with E-state index in [0.717, 1.165) is 42.2 Å². The van der Waals surface area contributed by atoms with Crippen molar-refractivity contribution < 1.29 is 9.53 Å². The first kappa shape index (κ1) is 18.4. The zero-order chi connectivity index (χ0) is 19.0. The molecule has 4 rings (SSSR count). The van der Waals surface area contributed by atoms with Crippen LogP contribution in [0.15, 0.2) is 24.4 Å². The van der Waals surface area contributed by atoms with Gasteiger partial charge in [0.05, 0.1) is 17.6 Å². The van der Waals surface area contributed by atoms with Crippen molar-refractivity contribution in [2.75, 3.05) is 19.8 Å². The minimum absolute atomic E-state index is 0.0341. The van der Waals surface area contributed by atoms with Crippen LogP contribution in [-0.4, -0.2) is 41.1 Å². The fraction of sp³-hybridized carbons (Fsp3) is 0.500. The van der Waals surface area contributed by atoms with Crippen molar-refractivity contribution in [3.63, 3.8) is 0 Å². The summed E-state index contributed by atoms with van der Waals surface area (Å²) in [6.07, 6.45) is 2.96. The van der Waals surface area contributed by atoms with Crippen LogP contribution in [0.3, 0.4) is 0 Å². The van der Waals surface area contributed by atoms with Crippen molar-refractivity contribution in [2.24, 2.45) is 5.41 Å². The minimum Gasteiger partial charge on any atom is -0.380 e. The second-order valence-electron chi connectivity index (χ2n) is 8.37. The molecule has 7 heteroatoms. The van der Waals surface area contributed by atoms with Gasteiger partial charge in [-0.1, -0.05) is 38.2 Å². The van der Waals surface area contributed by atoms with Crippen molar-refractivity contribution in [2.45, 2.75) is 39.8 Å². The molecule has 0 aliphatic carbocycles. The summed E-state index contributed by atoms with van der Waals surface area (Å²) in [5.74, 6) is -0.0341. The number of thiazole rings is 1. The summed E-state index contributed by atoms with van der Waals surface area (Å²) in [6, 6.07) is 6.77. The third-order valence-electron chi connectivity index (χ3n) is 4.70. The van der Waals surface area contributed by atoms with Gasteiger partial charge in [-0.15, -0.1) is 0 Å². The van der Waals surface area contributed by atoms with E-state index in [2.05, 4.69) is 49.6 Å². The predicted molar refractivity (Wildman–Crippen MR) is 108 cm³/mol. The lowest BCUT2D eigenvalue weighted by Crippen LogP contribution is -2.31. The van der Waals surface area contributed by atoms with Crippen LogP contribution in [0.1, 0.15) is 42.4 Å². The van der Waals surface area contributed by atoms with E-state index < -0.39 is 0 Å².